The fraction of sp³-hybridized carbons (Fsp3) is 0.0196. The van der Waals surface area contributed by atoms with E-state index >= 15 is 0 Å². The molecule has 0 fully saturated rings. The van der Waals surface area contributed by atoms with Gasteiger partial charge in [-0.1, -0.05) is 188 Å². The van der Waals surface area contributed by atoms with E-state index in [1.165, 1.54) is 54.6 Å². The van der Waals surface area contributed by atoms with E-state index in [-0.39, 0.29) is 6.17 Å². The summed E-state index contributed by atoms with van der Waals surface area (Å²) in [6, 6.07) is 71.3. The lowest BCUT2D eigenvalue weighted by atomic mass is 9.86. The molecule has 1 heterocycles. The fourth-order valence-electron chi connectivity index (χ4n) is 7.88. The van der Waals surface area contributed by atoms with E-state index in [1.807, 2.05) is 12.1 Å². The number of benzene rings is 9. The van der Waals surface area contributed by atoms with Crippen molar-refractivity contribution in [2.24, 2.45) is 9.98 Å². The molecule has 1 aliphatic heterocycles. The van der Waals surface area contributed by atoms with Crippen LogP contribution in [-0.2, 0) is 0 Å². The maximum absolute atomic E-state index is 5.18. The molecule has 3 nitrogen and oxygen atoms in total. The van der Waals surface area contributed by atoms with Gasteiger partial charge in [-0.3, -0.25) is 0 Å². The minimum absolute atomic E-state index is 0.278. The summed E-state index contributed by atoms with van der Waals surface area (Å²) in [7, 11) is 0. The Morgan fingerprint density at radius 1 is 0.370 bits per heavy atom. The minimum Gasteiger partial charge on any atom is -0.344 e. The van der Waals surface area contributed by atoms with Gasteiger partial charge in [-0.2, -0.15) is 0 Å². The van der Waals surface area contributed by atoms with Crippen LogP contribution in [0.1, 0.15) is 22.9 Å². The van der Waals surface area contributed by atoms with Crippen LogP contribution in [0.15, 0.2) is 210 Å². The minimum atomic E-state index is -0.278. The highest BCUT2D eigenvalue weighted by Crippen LogP contribution is 2.43. The van der Waals surface area contributed by atoms with Crippen molar-refractivity contribution in [3.8, 4) is 33.4 Å². The summed E-state index contributed by atoms with van der Waals surface area (Å²) in [5.41, 5.74) is 10.2. The van der Waals surface area contributed by atoms with E-state index in [0.717, 1.165) is 33.7 Å². The van der Waals surface area contributed by atoms with Gasteiger partial charge < -0.3 is 5.32 Å². The van der Waals surface area contributed by atoms with Crippen LogP contribution in [0.3, 0.4) is 0 Å². The Kier molecular flexibility index (Phi) is 7.88. The second-order valence-electron chi connectivity index (χ2n) is 13.8. The normalized spacial score (nSPS) is 14.1. The van der Waals surface area contributed by atoms with Gasteiger partial charge in [0.15, 0.2) is 5.84 Å². The number of amidine groups is 2. The van der Waals surface area contributed by atoms with Crippen molar-refractivity contribution in [2.45, 2.75) is 6.17 Å². The van der Waals surface area contributed by atoms with Gasteiger partial charge in [0.25, 0.3) is 0 Å². The molecule has 0 amide bonds. The molecule has 1 aliphatic rings. The van der Waals surface area contributed by atoms with E-state index in [0.29, 0.717) is 5.84 Å². The predicted octanol–water partition coefficient (Wildman–Crippen LogP) is 12.6. The van der Waals surface area contributed by atoms with E-state index in [1.54, 1.807) is 0 Å². The van der Waals surface area contributed by atoms with Crippen LogP contribution in [0, 0.1) is 0 Å². The molecule has 1 atom stereocenters. The quantitative estimate of drug-likeness (QED) is 0.173. The monoisotopic (exact) mass is 689 g/mol. The largest absolute Gasteiger partial charge is 0.344 e. The molecular formula is C51H35N3. The zero-order valence-corrected chi connectivity index (χ0v) is 29.5. The Hall–Kier alpha value is -7.10. The number of nitrogens with zero attached hydrogens (tertiary/aromatic N) is 2. The van der Waals surface area contributed by atoms with Gasteiger partial charge in [0.2, 0.25) is 0 Å². The molecular weight excluding hydrogens is 655 g/mol. The highest BCUT2D eigenvalue weighted by atomic mass is 15.2. The molecule has 0 bridgehead atoms. The molecule has 9 aromatic rings. The first-order valence-electron chi connectivity index (χ1n) is 18.4. The van der Waals surface area contributed by atoms with Crippen molar-refractivity contribution in [1.82, 2.24) is 5.32 Å². The van der Waals surface area contributed by atoms with Crippen molar-refractivity contribution in [1.29, 1.82) is 0 Å². The lowest BCUT2D eigenvalue weighted by Crippen LogP contribution is -2.33. The second-order valence-corrected chi connectivity index (χ2v) is 13.8. The smallest absolute Gasteiger partial charge is 0.159 e. The van der Waals surface area contributed by atoms with Gasteiger partial charge in [0.05, 0.1) is 0 Å². The summed E-state index contributed by atoms with van der Waals surface area (Å²) in [6.45, 7) is 0. The van der Waals surface area contributed by atoms with E-state index in [2.05, 4.69) is 193 Å². The molecule has 3 heteroatoms. The van der Waals surface area contributed by atoms with Crippen LogP contribution in [0.4, 0.5) is 0 Å². The van der Waals surface area contributed by atoms with Crippen molar-refractivity contribution in [2.75, 3.05) is 0 Å². The first-order chi connectivity index (χ1) is 26.8. The second kappa shape index (κ2) is 13.5. The van der Waals surface area contributed by atoms with Gasteiger partial charge in [0, 0.05) is 11.1 Å². The van der Waals surface area contributed by atoms with E-state index < -0.39 is 0 Å². The topological polar surface area (TPSA) is 36.8 Å². The van der Waals surface area contributed by atoms with Crippen molar-refractivity contribution in [3.63, 3.8) is 0 Å². The van der Waals surface area contributed by atoms with Crippen LogP contribution < -0.4 is 5.32 Å². The van der Waals surface area contributed by atoms with Gasteiger partial charge in [0.1, 0.15) is 12.0 Å². The molecule has 0 saturated heterocycles. The Morgan fingerprint density at radius 3 is 1.78 bits per heavy atom. The lowest BCUT2D eigenvalue weighted by Gasteiger charge is -2.24. The average molecular weight is 690 g/mol. The summed E-state index contributed by atoms with van der Waals surface area (Å²) in [5, 5.41) is 11.1. The lowest BCUT2D eigenvalue weighted by molar-refractivity contribution is 0.674. The molecule has 0 aromatic heterocycles. The zero-order valence-electron chi connectivity index (χ0n) is 29.5. The highest BCUT2D eigenvalue weighted by Gasteiger charge is 2.22. The molecule has 10 rings (SSSR count). The number of hydrogen-bond donors (Lipinski definition) is 1. The van der Waals surface area contributed by atoms with E-state index in [9.17, 15) is 0 Å². The van der Waals surface area contributed by atoms with Crippen LogP contribution in [-0.4, -0.2) is 11.7 Å². The third-order valence-corrected chi connectivity index (χ3v) is 10.5. The molecule has 54 heavy (non-hydrogen) atoms. The van der Waals surface area contributed by atoms with Crippen molar-refractivity contribution in [3.05, 3.63) is 217 Å². The van der Waals surface area contributed by atoms with Crippen molar-refractivity contribution >= 4 is 44.0 Å². The molecule has 0 saturated carbocycles. The van der Waals surface area contributed by atoms with E-state index in [4.69, 9.17) is 9.98 Å². The first-order valence-corrected chi connectivity index (χ1v) is 18.4. The number of aliphatic imine (C=N–C) groups is 2. The zero-order chi connectivity index (χ0) is 35.8. The molecule has 9 aromatic carbocycles. The maximum Gasteiger partial charge on any atom is 0.159 e. The third-order valence-electron chi connectivity index (χ3n) is 10.5. The number of nitrogens with one attached hydrogen (secondary N) is 1. The van der Waals surface area contributed by atoms with Crippen LogP contribution in [0.2, 0.25) is 0 Å². The van der Waals surface area contributed by atoms with Crippen LogP contribution in [0.25, 0.3) is 65.7 Å². The molecule has 0 radical (unpaired) electrons. The average Bonchev–Trinajstić information content (AvgIpc) is 3.26. The number of hydrogen-bond acceptors (Lipinski definition) is 3. The Bertz CT molecular complexity index is 2890. The molecule has 0 aliphatic carbocycles. The molecule has 254 valence electrons. The Morgan fingerprint density at radius 2 is 0.981 bits per heavy atom. The summed E-state index contributed by atoms with van der Waals surface area (Å²) in [6.07, 6.45) is -0.278. The Balaban J connectivity index is 1.10. The summed E-state index contributed by atoms with van der Waals surface area (Å²) in [4.78, 5) is 10.3. The van der Waals surface area contributed by atoms with Gasteiger partial charge in [-0.15, -0.1) is 0 Å². The van der Waals surface area contributed by atoms with Gasteiger partial charge in [-0.05, 0) is 83.4 Å². The number of rotatable bonds is 6. The number of fused-ring (bicyclic) bond motifs is 4. The highest BCUT2D eigenvalue weighted by molar-refractivity contribution is 6.17. The van der Waals surface area contributed by atoms with Crippen molar-refractivity contribution < 1.29 is 0 Å². The van der Waals surface area contributed by atoms with Gasteiger partial charge in [-0.25, -0.2) is 9.98 Å². The third kappa shape index (κ3) is 5.73. The SMILES string of the molecule is c1ccc(-c2cccc(C3=NC(c4ccc(-c5c(-c6cc7ccccc7c7ccccc67)ccc6ccccc56)cc4)=NC(c4ccccc4)N3)c2)cc1. The molecule has 0 spiro atoms. The summed E-state index contributed by atoms with van der Waals surface area (Å²) in [5.74, 6) is 1.50. The molecule has 1 N–H and O–H groups in total. The maximum atomic E-state index is 5.18. The summed E-state index contributed by atoms with van der Waals surface area (Å²) >= 11 is 0. The molecule has 1 unspecified atom stereocenters. The predicted molar refractivity (Wildman–Crippen MR) is 227 cm³/mol. The fourth-order valence-corrected chi connectivity index (χ4v) is 7.88. The standard InChI is InChI=1S/C51H35N3/c1-3-14-34(15-4-1)39-20-13-21-41(32-39)51-53-49(37-17-5-2-6-18-37)52-50(54-51)38-28-26-36(27-29-38)48-43-23-10-7-16-35(43)30-31-46(48)47-33-40-19-8-9-22-42(40)44-24-11-12-25-45(44)47/h1-33,49H,(H,52,53,54). The first kappa shape index (κ1) is 31.6. The van der Waals surface area contributed by atoms with Crippen LogP contribution >= 0.6 is 0 Å². The van der Waals surface area contributed by atoms with Gasteiger partial charge >= 0.3 is 0 Å². The van der Waals surface area contributed by atoms with Crippen LogP contribution in [0.5, 0.6) is 0 Å². The summed E-state index contributed by atoms with van der Waals surface area (Å²) < 4.78 is 0. The Labute approximate surface area is 314 Å².